The standard InChI is InChI=1S/C42H38N2O9P2/c45-43(46)35-21-23-41(33(29-35)31-54(49,37-13-5-1-6-14-37)38-15-7-2-8-16-38)52-27-25-51-26-28-53-42-24-22-36(44(47)48)30-34(42)32-55(50,39-17-9-3-10-18-39)40-19-11-4-12-20-40/h1-24,29-30H,25-28,31-32H2. The lowest BCUT2D eigenvalue weighted by atomic mass is 10.2. The molecule has 6 rings (SSSR count). The van der Waals surface area contributed by atoms with Gasteiger partial charge in [-0.05, 0) is 12.1 Å². The molecule has 0 aromatic heterocycles. The highest BCUT2D eigenvalue weighted by atomic mass is 31.2. The number of ether oxygens (including phenoxy) is 3. The number of benzene rings is 6. The number of nitrogens with zero attached hydrogens (tertiary/aromatic N) is 2. The average Bonchev–Trinajstić information content (AvgIpc) is 3.22. The first-order chi connectivity index (χ1) is 26.7. The van der Waals surface area contributed by atoms with Crippen LogP contribution in [0.4, 0.5) is 11.4 Å². The molecule has 0 aliphatic carbocycles. The summed E-state index contributed by atoms with van der Waals surface area (Å²) in [6, 6.07) is 44.8. The molecule has 0 spiro atoms. The third-order valence-electron chi connectivity index (χ3n) is 8.96. The Morgan fingerprint density at radius 2 is 0.745 bits per heavy atom. The Labute approximate surface area is 318 Å². The van der Waals surface area contributed by atoms with E-state index in [4.69, 9.17) is 14.2 Å². The van der Waals surface area contributed by atoms with E-state index in [0.717, 1.165) is 0 Å². The van der Waals surface area contributed by atoms with Crippen LogP contribution in [-0.4, -0.2) is 36.3 Å². The largest absolute Gasteiger partial charge is 0.491 e. The van der Waals surface area contributed by atoms with Gasteiger partial charge in [-0.3, -0.25) is 20.2 Å². The van der Waals surface area contributed by atoms with Gasteiger partial charge in [0, 0.05) is 68.9 Å². The van der Waals surface area contributed by atoms with Gasteiger partial charge in [-0.1, -0.05) is 121 Å². The second-order valence-corrected chi connectivity index (χ2v) is 18.2. The fourth-order valence-corrected chi connectivity index (χ4v) is 11.6. The number of nitro groups is 2. The van der Waals surface area contributed by atoms with Gasteiger partial charge < -0.3 is 23.3 Å². The number of nitro benzene ring substituents is 2. The summed E-state index contributed by atoms with van der Waals surface area (Å²) in [5, 5.41) is 25.9. The molecule has 0 heterocycles. The zero-order valence-corrected chi connectivity index (χ0v) is 31.5. The molecule has 0 N–H and O–H groups in total. The molecule has 0 amide bonds. The van der Waals surface area contributed by atoms with Crippen LogP contribution in [0.1, 0.15) is 11.1 Å². The SMILES string of the molecule is O=[N+]([O-])c1ccc(OCCOCCOc2ccc([N+](=O)[O-])cc2CP(=O)(c2ccccc2)c2ccccc2)c(CP(=O)(c2ccccc2)c2ccccc2)c1. The van der Waals surface area contributed by atoms with E-state index in [0.29, 0.717) is 43.8 Å². The molecule has 11 nitrogen and oxygen atoms in total. The van der Waals surface area contributed by atoms with E-state index in [9.17, 15) is 29.4 Å². The summed E-state index contributed by atoms with van der Waals surface area (Å²) in [5.41, 5.74) is 0.584. The van der Waals surface area contributed by atoms with Gasteiger partial charge in [0.2, 0.25) is 0 Å². The number of non-ortho nitro benzene ring substituents is 2. The van der Waals surface area contributed by atoms with Crippen LogP contribution in [0.25, 0.3) is 0 Å². The highest BCUT2D eigenvalue weighted by Crippen LogP contribution is 2.50. The summed E-state index contributed by atoms with van der Waals surface area (Å²) in [6.45, 7) is 0.454. The molecule has 6 aromatic carbocycles. The fraction of sp³-hybridized carbons (Fsp3) is 0.143. The zero-order chi connectivity index (χ0) is 38.7. The normalized spacial score (nSPS) is 11.5. The van der Waals surface area contributed by atoms with Crippen LogP contribution >= 0.6 is 14.3 Å². The summed E-state index contributed by atoms with van der Waals surface area (Å²) in [5.74, 6) is 0.712. The number of hydrogen-bond donors (Lipinski definition) is 0. The average molecular weight is 777 g/mol. The quantitative estimate of drug-likeness (QED) is 0.0366. The maximum atomic E-state index is 14.8. The topological polar surface area (TPSA) is 148 Å². The molecule has 0 radical (unpaired) electrons. The monoisotopic (exact) mass is 776 g/mol. The van der Waals surface area contributed by atoms with Crippen LogP contribution in [-0.2, 0) is 26.2 Å². The van der Waals surface area contributed by atoms with Crippen LogP contribution in [0, 0.1) is 20.2 Å². The smallest absolute Gasteiger partial charge is 0.269 e. The lowest BCUT2D eigenvalue weighted by molar-refractivity contribution is -0.385. The molecule has 13 heteroatoms. The van der Waals surface area contributed by atoms with Crippen molar-refractivity contribution in [1.29, 1.82) is 0 Å². The van der Waals surface area contributed by atoms with E-state index >= 15 is 0 Å². The van der Waals surface area contributed by atoms with Crippen molar-refractivity contribution >= 4 is 46.9 Å². The molecule has 0 atom stereocenters. The molecular weight excluding hydrogens is 738 g/mol. The summed E-state index contributed by atoms with van der Waals surface area (Å²) in [6.07, 6.45) is 0.0115. The fourth-order valence-electron chi connectivity index (χ4n) is 6.23. The van der Waals surface area contributed by atoms with E-state index < -0.39 is 24.1 Å². The number of hydrogen-bond acceptors (Lipinski definition) is 9. The highest BCUT2D eigenvalue weighted by molar-refractivity contribution is 7.78. The summed E-state index contributed by atoms with van der Waals surface area (Å²) in [7, 11) is -6.55. The maximum absolute atomic E-state index is 14.8. The third kappa shape index (κ3) is 9.45. The van der Waals surface area contributed by atoms with Crippen molar-refractivity contribution in [2.45, 2.75) is 12.3 Å². The Bertz CT molecular complexity index is 2080. The van der Waals surface area contributed by atoms with Crippen molar-refractivity contribution in [2.24, 2.45) is 0 Å². The molecular formula is C42H38N2O9P2. The van der Waals surface area contributed by atoms with Gasteiger partial charge in [-0.2, -0.15) is 0 Å². The van der Waals surface area contributed by atoms with Crippen LogP contribution in [0.15, 0.2) is 158 Å². The number of rotatable bonds is 18. The van der Waals surface area contributed by atoms with Crippen molar-refractivity contribution in [2.75, 3.05) is 26.4 Å². The summed E-state index contributed by atoms with van der Waals surface area (Å²) < 4.78 is 47.4. The van der Waals surface area contributed by atoms with Crippen LogP contribution < -0.4 is 30.7 Å². The predicted molar refractivity (Wildman–Crippen MR) is 215 cm³/mol. The van der Waals surface area contributed by atoms with E-state index in [1.807, 2.05) is 72.8 Å². The maximum Gasteiger partial charge on any atom is 0.269 e. The second kappa shape index (κ2) is 18.0. The molecule has 0 unspecified atom stereocenters. The van der Waals surface area contributed by atoms with Gasteiger partial charge in [-0.25, -0.2) is 0 Å². The Hall–Kier alpha value is -5.86. The van der Waals surface area contributed by atoms with Crippen molar-refractivity contribution in [3.8, 4) is 11.5 Å². The van der Waals surface area contributed by atoms with Gasteiger partial charge in [0.1, 0.15) is 39.0 Å². The highest BCUT2D eigenvalue weighted by Gasteiger charge is 2.31. The van der Waals surface area contributed by atoms with Gasteiger partial charge >= 0.3 is 0 Å². The first-order valence-electron chi connectivity index (χ1n) is 17.5. The molecule has 0 fully saturated rings. The predicted octanol–water partition coefficient (Wildman–Crippen LogP) is 8.01. The molecule has 0 saturated heterocycles. The van der Waals surface area contributed by atoms with Gasteiger partial charge in [-0.15, -0.1) is 0 Å². The lowest BCUT2D eigenvalue weighted by Gasteiger charge is -2.21. The molecule has 6 aromatic rings. The molecule has 0 bridgehead atoms. The summed E-state index contributed by atoms with van der Waals surface area (Å²) in [4.78, 5) is 22.4. The summed E-state index contributed by atoms with van der Waals surface area (Å²) >= 11 is 0. The minimum Gasteiger partial charge on any atom is -0.491 e. The van der Waals surface area contributed by atoms with E-state index in [-0.39, 0.29) is 50.1 Å². The first kappa shape index (κ1) is 38.9. The minimum atomic E-state index is -3.27. The van der Waals surface area contributed by atoms with Crippen molar-refractivity contribution in [3.63, 3.8) is 0 Å². The molecule has 0 aliphatic rings. The van der Waals surface area contributed by atoms with E-state index in [2.05, 4.69) is 0 Å². The third-order valence-corrected chi connectivity index (χ3v) is 15.1. The Morgan fingerprint density at radius 3 is 1.04 bits per heavy atom. The van der Waals surface area contributed by atoms with Crippen LogP contribution in [0.2, 0.25) is 0 Å². The lowest BCUT2D eigenvalue weighted by Crippen LogP contribution is -2.18. The zero-order valence-electron chi connectivity index (χ0n) is 29.7. The Morgan fingerprint density at radius 1 is 0.436 bits per heavy atom. The van der Waals surface area contributed by atoms with E-state index in [1.165, 1.54) is 36.4 Å². The van der Waals surface area contributed by atoms with Gasteiger partial charge in [0.15, 0.2) is 0 Å². The van der Waals surface area contributed by atoms with Crippen LogP contribution in [0.3, 0.4) is 0 Å². The van der Waals surface area contributed by atoms with Crippen molar-refractivity contribution in [1.82, 2.24) is 0 Å². The van der Waals surface area contributed by atoms with E-state index in [1.54, 1.807) is 48.5 Å². The van der Waals surface area contributed by atoms with Gasteiger partial charge in [0.05, 0.1) is 23.1 Å². The Balaban J connectivity index is 1.12. The molecule has 55 heavy (non-hydrogen) atoms. The minimum absolute atomic E-state index is 0.00574. The van der Waals surface area contributed by atoms with Crippen molar-refractivity contribution in [3.05, 3.63) is 189 Å². The molecule has 0 aliphatic heterocycles. The first-order valence-corrected chi connectivity index (χ1v) is 21.2. The van der Waals surface area contributed by atoms with Crippen LogP contribution in [0.5, 0.6) is 11.5 Å². The Kier molecular flexibility index (Phi) is 12.7. The second-order valence-electron chi connectivity index (χ2n) is 12.5. The molecule has 280 valence electrons. The van der Waals surface area contributed by atoms with Crippen molar-refractivity contribution < 1.29 is 33.2 Å². The van der Waals surface area contributed by atoms with Gasteiger partial charge in [0.25, 0.3) is 11.4 Å². The molecule has 0 saturated carbocycles.